The summed E-state index contributed by atoms with van der Waals surface area (Å²) in [5.41, 5.74) is -4.38. The number of carbonyl (C=O) groups excluding carboxylic acids is 2. The summed E-state index contributed by atoms with van der Waals surface area (Å²) in [7, 11) is 1.35. The van der Waals surface area contributed by atoms with Crippen molar-refractivity contribution in [2.45, 2.75) is 18.7 Å². The van der Waals surface area contributed by atoms with Gasteiger partial charge in [-0.25, -0.2) is 9.18 Å². The van der Waals surface area contributed by atoms with Crippen LogP contribution in [0.3, 0.4) is 0 Å². The van der Waals surface area contributed by atoms with Gasteiger partial charge in [-0.1, -0.05) is 18.2 Å². The second-order valence-electron chi connectivity index (χ2n) is 5.85. The van der Waals surface area contributed by atoms with E-state index >= 15 is 0 Å². The molecule has 2 aromatic rings. The molecular formula is C19H17F4NO4. The number of esters is 1. The molecule has 0 aliphatic carbocycles. The molecule has 0 fully saturated rings. The van der Waals surface area contributed by atoms with Crippen LogP contribution in [0.15, 0.2) is 48.5 Å². The van der Waals surface area contributed by atoms with Gasteiger partial charge < -0.3 is 14.7 Å². The SMILES string of the molecule is CCOC(=O)C(O)(c1ccc(N(C)C(=O)c2cccc(F)c2)cc1)C(F)(F)F. The molecule has 0 aliphatic rings. The van der Waals surface area contributed by atoms with Gasteiger partial charge in [0.25, 0.3) is 11.5 Å². The van der Waals surface area contributed by atoms with E-state index in [0.29, 0.717) is 0 Å². The number of hydrogen-bond acceptors (Lipinski definition) is 4. The predicted octanol–water partition coefficient (Wildman–Crippen LogP) is 3.42. The molecule has 28 heavy (non-hydrogen) atoms. The number of aliphatic hydroxyl groups is 1. The van der Waals surface area contributed by atoms with Gasteiger partial charge in [-0.2, -0.15) is 13.2 Å². The van der Waals surface area contributed by atoms with Crippen molar-refractivity contribution in [3.63, 3.8) is 0 Å². The summed E-state index contributed by atoms with van der Waals surface area (Å²) in [6.07, 6.45) is -5.32. The van der Waals surface area contributed by atoms with Crippen LogP contribution in [0.4, 0.5) is 23.2 Å². The highest BCUT2D eigenvalue weighted by Crippen LogP contribution is 2.40. The lowest BCUT2D eigenvalue weighted by Crippen LogP contribution is -2.50. The second kappa shape index (κ2) is 7.97. The largest absolute Gasteiger partial charge is 0.463 e. The van der Waals surface area contributed by atoms with Gasteiger partial charge in [-0.05, 0) is 37.3 Å². The summed E-state index contributed by atoms with van der Waals surface area (Å²) in [5, 5.41) is 10.0. The van der Waals surface area contributed by atoms with E-state index in [-0.39, 0.29) is 17.9 Å². The molecule has 1 N–H and O–H groups in total. The number of amides is 1. The standard InChI is InChI=1S/C19H17F4NO4/c1-3-28-17(26)18(27,19(21,22)23)13-7-9-15(10-8-13)24(2)16(25)12-5-4-6-14(20)11-12/h4-11,27H,3H2,1-2H3. The van der Waals surface area contributed by atoms with E-state index in [1.165, 1.54) is 32.2 Å². The van der Waals surface area contributed by atoms with Gasteiger partial charge in [0.1, 0.15) is 5.82 Å². The molecule has 1 unspecified atom stereocenters. The molecular weight excluding hydrogens is 382 g/mol. The molecule has 2 rings (SSSR count). The van der Waals surface area contributed by atoms with Crippen molar-refractivity contribution in [1.29, 1.82) is 0 Å². The van der Waals surface area contributed by atoms with Crippen LogP contribution >= 0.6 is 0 Å². The summed E-state index contributed by atoms with van der Waals surface area (Å²) < 4.78 is 57.7. The number of anilines is 1. The third-order valence-electron chi connectivity index (χ3n) is 4.03. The fourth-order valence-corrected chi connectivity index (χ4v) is 2.49. The zero-order valence-electron chi connectivity index (χ0n) is 15.0. The molecule has 0 saturated heterocycles. The van der Waals surface area contributed by atoms with E-state index in [4.69, 9.17) is 0 Å². The summed E-state index contributed by atoms with van der Waals surface area (Å²) in [4.78, 5) is 25.2. The van der Waals surface area contributed by atoms with Crippen LogP contribution in [-0.4, -0.2) is 36.8 Å². The number of rotatable bonds is 5. The maximum Gasteiger partial charge on any atom is 0.432 e. The molecule has 0 radical (unpaired) electrons. The Morgan fingerprint density at radius 1 is 1.11 bits per heavy atom. The van der Waals surface area contributed by atoms with Gasteiger partial charge >= 0.3 is 12.1 Å². The van der Waals surface area contributed by atoms with Crippen LogP contribution in [0, 0.1) is 5.82 Å². The van der Waals surface area contributed by atoms with Crippen LogP contribution in [0.25, 0.3) is 0 Å². The number of hydrogen-bond donors (Lipinski definition) is 1. The maximum atomic E-state index is 13.4. The molecule has 1 atom stereocenters. The van der Waals surface area contributed by atoms with Crippen molar-refractivity contribution in [1.82, 2.24) is 0 Å². The Morgan fingerprint density at radius 3 is 2.21 bits per heavy atom. The Bertz CT molecular complexity index is 867. The molecule has 9 heteroatoms. The van der Waals surface area contributed by atoms with Crippen molar-refractivity contribution >= 4 is 17.6 Å². The average Bonchev–Trinajstić information content (AvgIpc) is 2.65. The van der Waals surface area contributed by atoms with Crippen LogP contribution < -0.4 is 4.90 Å². The van der Waals surface area contributed by atoms with Crippen molar-refractivity contribution < 1.29 is 37.0 Å². The maximum absolute atomic E-state index is 13.4. The minimum absolute atomic E-state index is 0.0462. The van der Waals surface area contributed by atoms with Crippen molar-refractivity contribution in [3.05, 3.63) is 65.5 Å². The van der Waals surface area contributed by atoms with E-state index < -0.39 is 35.0 Å². The summed E-state index contributed by atoms with van der Waals surface area (Å²) >= 11 is 0. The Labute approximate surface area is 158 Å². The van der Waals surface area contributed by atoms with Crippen molar-refractivity contribution in [2.75, 3.05) is 18.6 Å². The highest BCUT2D eigenvalue weighted by atomic mass is 19.4. The topological polar surface area (TPSA) is 66.8 Å². The summed E-state index contributed by atoms with van der Waals surface area (Å²) in [6.45, 7) is 0.963. The Morgan fingerprint density at radius 2 is 1.71 bits per heavy atom. The van der Waals surface area contributed by atoms with E-state index in [2.05, 4.69) is 4.74 Å². The molecule has 150 valence electrons. The third kappa shape index (κ3) is 3.99. The van der Waals surface area contributed by atoms with Gasteiger partial charge in [-0.3, -0.25) is 4.79 Å². The lowest BCUT2D eigenvalue weighted by atomic mass is 9.93. The first-order valence-corrected chi connectivity index (χ1v) is 8.12. The smallest absolute Gasteiger partial charge is 0.432 e. The van der Waals surface area contributed by atoms with Gasteiger partial charge in [-0.15, -0.1) is 0 Å². The number of ether oxygens (including phenoxy) is 1. The minimum atomic E-state index is -5.32. The van der Waals surface area contributed by atoms with Crippen LogP contribution in [0.2, 0.25) is 0 Å². The molecule has 0 heterocycles. The first-order chi connectivity index (χ1) is 13.0. The molecule has 2 aromatic carbocycles. The number of alkyl halides is 3. The first kappa shape index (κ1) is 21.4. The quantitative estimate of drug-likeness (QED) is 0.618. The van der Waals surface area contributed by atoms with Gasteiger partial charge in [0.15, 0.2) is 0 Å². The Kier molecular flexibility index (Phi) is 6.08. The molecule has 0 spiro atoms. The van der Waals surface area contributed by atoms with Crippen LogP contribution in [0.1, 0.15) is 22.8 Å². The zero-order valence-corrected chi connectivity index (χ0v) is 15.0. The van der Waals surface area contributed by atoms with Gasteiger partial charge in [0, 0.05) is 23.9 Å². The summed E-state index contributed by atoms with van der Waals surface area (Å²) in [5.74, 6) is -3.05. The second-order valence-corrected chi connectivity index (χ2v) is 5.85. The third-order valence-corrected chi connectivity index (χ3v) is 4.03. The number of benzene rings is 2. The predicted molar refractivity (Wildman–Crippen MR) is 92.2 cm³/mol. The minimum Gasteiger partial charge on any atom is -0.463 e. The molecule has 0 aliphatic heterocycles. The molecule has 0 aromatic heterocycles. The van der Waals surface area contributed by atoms with E-state index in [1.807, 2.05) is 0 Å². The lowest BCUT2D eigenvalue weighted by molar-refractivity contribution is -0.267. The average molecular weight is 399 g/mol. The fourth-order valence-electron chi connectivity index (χ4n) is 2.49. The highest BCUT2D eigenvalue weighted by molar-refractivity contribution is 6.05. The van der Waals surface area contributed by atoms with Crippen LogP contribution in [0.5, 0.6) is 0 Å². The highest BCUT2D eigenvalue weighted by Gasteiger charge is 2.62. The van der Waals surface area contributed by atoms with E-state index in [0.717, 1.165) is 35.2 Å². The normalized spacial score (nSPS) is 13.5. The Balaban J connectivity index is 2.35. The van der Waals surface area contributed by atoms with Crippen LogP contribution in [-0.2, 0) is 15.1 Å². The summed E-state index contributed by atoms with van der Waals surface area (Å²) in [6, 6.07) is 8.92. The number of carbonyl (C=O) groups is 2. The molecule has 0 bridgehead atoms. The first-order valence-electron chi connectivity index (χ1n) is 8.12. The van der Waals surface area contributed by atoms with E-state index in [9.17, 15) is 32.3 Å². The fraction of sp³-hybridized carbons (Fsp3) is 0.263. The Hall–Kier alpha value is -2.94. The van der Waals surface area contributed by atoms with Crippen molar-refractivity contribution in [3.8, 4) is 0 Å². The number of halogens is 4. The zero-order chi connectivity index (χ0) is 21.1. The van der Waals surface area contributed by atoms with Gasteiger partial charge in [0.2, 0.25) is 0 Å². The number of nitrogens with zero attached hydrogens (tertiary/aromatic N) is 1. The van der Waals surface area contributed by atoms with Gasteiger partial charge in [0.05, 0.1) is 6.61 Å². The molecule has 5 nitrogen and oxygen atoms in total. The molecule has 0 saturated carbocycles. The monoisotopic (exact) mass is 399 g/mol. The van der Waals surface area contributed by atoms with E-state index in [1.54, 1.807) is 0 Å². The molecule has 1 amide bonds. The van der Waals surface area contributed by atoms with Crippen molar-refractivity contribution in [2.24, 2.45) is 0 Å². The lowest BCUT2D eigenvalue weighted by Gasteiger charge is -2.29.